The third-order valence-corrected chi connectivity index (χ3v) is 4.27. The van der Waals surface area contributed by atoms with Crippen LogP contribution in [0.4, 0.5) is 5.13 Å². The molecule has 1 atom stereocenters. The van der Waals surface area contributed by atoms with Crippen molar-refractivity contribution in [2.45, 2.75) is 39.8 Å². The minimum absolute atomic E-state index is 0.543. The Balaban J connectivity index is 2.37. The van der Waals surface area contributed by atoms with Gasteiger partial charge in [-0.15, -0.1) is 11.3 Å². The third kappa shape index (κ3) is 5.89. The zero-order chi connectivity index (χ0) is 14.3. The molecule has 19 heavy (non-hydrogen) atoms. The number of rotatable bonds is 9. The summed E-state index contributed by atoms with van der Waals surface area (Å²) in [6.07, 6.45) is 3.18. The molecule has 4 nitrogen and oxygen atoms in total. The highest BCUT2D eigenvalue weighted by molar-refractivity contribution is 7.15. The first-order chi connectivity index (χ1) is 9.06. The average molecular weight is 284 g/mol. The van der Waals surface area contributed by atoms with E-state index < -0.39 is 0 Å². The molecule has 1 aromatic rings. The van der Waals surface area contributed by atoms with Crippen LogP contribution in [0.5, 0.6) is 0 Å². The van der Waals surface area contributed by atoms with Gasteiger partial charge in [0.1, 0.15) is 0 Å². The SMILES string of the molecule is CCN(CC)c1ncc(CNC(C)CCN(C)C)s1. The Kier molecular flexibility index (Phi) is 7.34. The van der Waals surface area contributed by atoms with Gasteiger partial charge in [-0.3, -0.25) is 0 Å². The number of aromatic nitrogens is 1. The second kappa shape index (κ2) is 8.51. The summed E-state index contributed by atoms with van der Waals surface area (Å²) in [5.41, 5.74) is 0. The van der Waals surface area contributed by atoms with E-state index in [1.807, 2.05) is 6.20 Å². The monoisotopic (exact) mass is 284 g/mol. The van der Waals surface area contributed by atoms with Crippen molar-refractivity contribution in [3.63, 3.8) is 0 Å². The third-order valence-electron chi connectivity index (χ3n) is 3.21. The quantitative estimate of drug-likeness (QED) is 0.754. The standard InChI is InChI=1S/C14H28N4S/c1-6-18(7-2)14-16-11-13(19-14)10-15-12(3)8-9-17(4)5/h11-12,15H,6-10H2,1-5H3. The van der Waals surface area contributed by atoms with Crippen molar-refractivity contribution < 1.29 is 0 Å². The molecule has 0 aliphatic carbocycles. The molecule has 0 saturated carbocycles. The maximum atomic E-state index is 4.51. The molecule has 5 heteroatoms. The van der Waals surface area contributed by atoms with E-state index in [9.17, 15) is 0 Å². The maximum Gasteiger partial charge on any atom is 0.185 e. The van der Waals surface area contributed by atoms with Crippen molar-refractivity contribution in [3.05, 3.63) is 11.1 Å². The first-order valence-electron chi connectivity index (χ1n) is 7.14. The fraction of sp³-hybridized carbons (Fsp3) is 0.786. The van der Waals surface area contributed by atoms with Crippen LogP contribution in [-0.4, -0.2) is 49.7 Å². The molecule has 1 rings (SSSR count). The van der Waals surface area contributed by atoms with Gasteiger partial charge in [-0.25, -0.2) is 4.98 Å². The lowest BCUT2D eigenvalue weighted by Gasteiger charge is -2.17. The molecule has 0 spiro atoms. The van der Waals surface area contributed by atoms with Crippen LogP contribution < -0.4 is 10.2 Å². The van der Waals surface area contributed by atoms with E-state index in [0.29, 0.717) is 6.04 Å². The summed E-state index contributed by atoms with van der Waals surface area (Å²) in [4.78, 5) is 10.3. The number of anilines is 1. The summed E-state index contributed by atoms with van der Waals surface area (Å²) in [5.74, 6) is 0. The van der Waals surface area contributed by atoms with Crippen molar-refractivity contribution in [2.75, 3.05) is 38.6 Å². The second-order valence-electron chi connectivity index (χ2n) is 5.16. The average Bonchev–Trinajstić information content (AvgIpc) is 2.84. The topological polar surface area (TPSA) is 31.4 Å². The van der Waals surface area contributed by atoms with Crippen LogP contribution in [0.1, 0.15) is 32.1 Å². The Morgan fingerprint density at radius 3 is 2.58 bits per heavy atom. The Bertz CT molecular complexity index is 347. The molecule has 0 saturated heterocycles. The molecule has 0 aromatic carbocycles. The lowest BCUT2D eigenvalue weighted by atomic mass is 10.2. The van der Waals surface area contributed by atoms with E-state index in [-0.39, 0.29) is 0 Å². The van der Waals surface area contributed by atoms with Gasteiger partial charge in [-0.2, -0.15) is 0 Å². The first kappa shape index (κ1) is 16.4. The molecule has 1 unspecified atom stereocenters. The summed E-state index contributed by atoms with van der Waals surface area (Å²) in [6.45, 7) is 10.7. The predicted octanol–water partition coefficient (Wildman–Crippen LogP) is 2.42. The summed E-state index contributed by atoms with van der Waals surface area (Å²) in [5, 5.41) is 4.71. The molecular formula is C14H28N4S. The van der Waals surface area contributed by atoms with Crippen molar-refractivity contribution in [3.8, 4) is 0 Å². The molecule has 0 aliphatic heterocycles. The first-order valence-corrected chi connectivity index (χ1v) is 7.96. The molecule has 0 fully saturated rings. The van der Waals surface area contributed by atoms with Crippen LogP contribution in [-0.2, 0) is 6.54 Å². The maximum absolute atomic E-state index is 4.51. The van der Waals surface area contributed by atoms with Gasteiger partial charge in [0.2, 0.25) is 0 Å². The second-order valence-corrected chi connectivity index (χ2v) is 6.25. The Hall–Kier alpha value is -0.650. The van der Waals surface area contributed by atoms with Crippen LogP contribution >= 0.6 is 11.3 Å². The van der Waals surface area contributed by atoms with Crippen LogP contribution in [0.3, 0.4) is 0 Å². The Labute approximate surface area is 121 Å². The largest absolute Gasteiger partial charge is 0.349 e. The highest BCUT2D eigenvalue weighted by Crippen LogP contribution is 2.22. The summed E-state index contributed by atoms with van der Waals surface area (Å²) in [7, 11) is 4.23. The molecular weight excluding hydrogens is 256 g/mol. The fourth-order valence-electron chi connectivity index (χ4n) is 1.85. The van der Waals surface area contributed by atoms with Gasteiger partial charge >= 0.3 is 0 Å². The van der Waals surface area contributed by atoms with Gasteiger partial charge in [0.15, 0.2) is 5.13 Å². The normalized spacial score (nSPS) is 12.9. The highest BCUT2D eigenvalue weighted by atomic mass is 32.1. The Morgan fingerprint density at radius 1 is 1.32 bits per heavy atom. The lowest BCUT2D eigenvalue weighted by Crippen LogP contribution is -2.29. The lowest BCUT2D eigenvalue weighted by molar-refractivity contribution is 0.366. The molecule has 0 radical (unpaired) electrons. The molecule has 1 N–H and O–H groups in total. The van der Waals surface area contributed by atoms with Crippen LogP contribution in [0, 0.1) is 0 Å². The van der Waals surface area contributed by atoms with Crippen molar-refractivity contribution in [1.29, 1.82) is 0 Å². The van der Waals surface area contributed by atoms with E-state index in [4.69, 9.17) is 0 Å². The number of nitrogens with zero attached hydrogens (tertiary/aromatic N) is 3. The zero-order valence-electron chi connectivity index (χ0n) is 12.9. The van der Waals surface area contributed by atoms with E-state index in [1.54, 1.807) is 11.3 Å². The van der Waals surface area contributed by atoms with Crippen LogP contribution in [0.15, 0.2) is 6.20 Å². The number of hydrogen-bond donors (Lipinski definition) is 1. The van der Waals surface area contributed by atoms with Gasteiger partial charge in [-0.05, 0) is 47.8 Å². The smallest absolute Gasteiger partial charge is 0.185 e. The summed E-state index contributed by atoms with van der Waals surface area (Å²) >= 11 is 1.80. The van der Waals surface area contributed by atoms with Crippen molar-refractivity contribution >= 4 is 16.5 Å². The van der Waals surface area contributed by atoms with Crippen molar-refractivity contribution in [1.82, 2.24) is 15.2 Å². The fourth-order valence-corrected chi connectivity index (χ4v) is 2.84. The zero-order valence-corrected chi connectivity index (χ0v) is 13.8. The van der Waals surface area contributed by atoms with Crippen molar-refractivity contribution in [2.24, 2.45) is 0 Å². The minimum atomic E-state index is 0.543. The summed E-state index contributed by atoms with van der Waals surface area (Å²) in [6, 6.07) is 0.543. The van der Waals surface area contributed by atoms with E-state index in [1.165, 1.54) is 11.3 Å². The van der Waals surface area contributed by atoms with E-state index in [0.717, 1.165) is 31.3 Å². The number of thiazole rings is 1. The van der Waals surface area contributed by atoms with Crippen LogP contribution in [0.2, 0.25) is 0 Å². The number of hydrogen-bond acceptors (Lipinski definition) is 5. The molecule has 1 aromatic heterocycles. The van der Waals surface area contributed by atoms with Gasteiger partial charge < -0.3 is 15.1 Å². The van der Waals surface area contributed by atoms with E-state index >= 15 is 0 Å². The Morgan fingerprint density at radius 2 is 2.00 bits per heavy atom. The molecule has 110 valence electrons. The molecule has 0 amide bonds. The number of nitrogens with one attached hydrogen (secondary N) is 1. The van der Waals surface area contributed by atoms with E-state index in [2.05, 4.69) is 55.0 Å². The van der Waals surface area contributed by atoms with Gasteiger partial charge in [-0.1, -0.05) is 0 Å². The predicted molar refractivity (Wildman–Crippen MR) is 85.1 cm³/mol. The molecule has 1 heterocycles. The molecule has 0 bridgehead atoms. The van der Waals surface area contributed by atoms with Crippen LogP contribution in [0.25, 0.3) is 0 Å². The van der Waals surface area contributed by atoms with Gasteiger partial charge in [0.25, 0.3) is 0 Å². The summed E-state index contributed by atoms with van der Waals surface area (Å²) < 4.78 is 0. The van der Waals surface area contributed by atoms with Gasteiger partial charge in [0, 0.05) is 36.8 Å². The molecule has 0 aliphatic rings. The van der Waals surface area contributed by atoms with Gasteiger partial charge in [0.05, 0.1) is 0 Å². The highest BCUT2D eigenvalue weighted by Gasteiger charge is 2.08. The minimum Gasteiger partial charge on any atom is -0.349 e.